The maximum atomic E-state index is 11.8. The molecule has 0 spiro atoms. The molecular weight excluding hydrogens is 248 g/mol. The topological polar surface area (TPSA) is 83.1 Å². The van der Waals surface area contributed by atoms with Crippen LogP contribution in [0.2, 0.25) is 0 Å². The average Bonchev–Trinajstić information content (AvgIpc) is 2.90. The number of hydrogen-bond acceptors (Lipinski definition) is 4. The number of nitrogens with zero attached hydrogens (tertiary/aromatic N) is 2. The third-order valence-electron chi connectivity index (χ3n) is 2.83. The van der Waals surface area contributed by atoms with E-state index in [4.69, 9.17) is 11.1 Å². The SMILES string of the molecule is N=C(N)c1ccc(SCC(=O)N2CCCC2)cn1. The third-order valence-corrected chi connectivity index (χ3v) is 3.80. The van der Waals surface area contributed by atoms with Crippen LogP contribution in [0.25, 0.3) is 0 Å². The summed E-state index contributed by atoms with van der Waals surface area (Å²) in [4.78, 5) is 18.7. The fourth-order valence-corrected chi connectivity index (χ4v) is 2.59. The summed E-state index contributed by atoms with van der Waals surface area (Å²) in [5, 5.41) is 7.24. The highest BCUT2D eigenvalue weighted by molar-refractivity contribution is 8.00. The predicted octanol–water partition coefficient (Wildman–Crippen LogP) is 1.08. The van der Waals surface area contributed by atoms with Gasteiger partial charge in [0.2, 0.25) is 5.91 Å². The van der Waals surface area contributed by atoms with Gasteiger partial charge in [-0.25, -0.2) is 0 Å². The minimum atomic E-state index is -0.0420. The van der Waals surface area contributed by atoms with E-state index in [1.165, 1.54) is 11.8 Å². The first-order valence-electron chi connectivity index (χ1n) is 5.88. The molecule has 2 rings (SSSR count). The Kier molecular flexibility index (Phi) is 4.19. The van der Waals surface area contributed by atoms with Gasteiger partial charge < -0.3 is 10.6 Å². The standard InChI is InChI=1S/C12H16N4OS/c13-12(14)10-4-3-9(7-15-10)18-8-11(17)16-5-1-2-6-16/h3-4,7H,1-2,5-6,8H2,(H3,13,14). The molecule has 1 fully saturated rings. The van der Waals surface area contributed by atoms with Crippen molar-refractivity contribution in [1.29, 1.82) is 5.41 Å². The molecular formula is C12H16N4OS. The Balaban J connectivity index is 1.86. The number of nitrogen functional groups attached to an aromatic ring is 1. The quantitative estimate of drug-likeness (QED) is 0.484. The number of thioether (sulfide) groups is 1. The van der Waals surface area contributed by atoms with Gasteiger partial charge >= 0.3 is 0 Å². The van der Waals surface area contributed by atoms with Crippen molar-refractivity contribution in [2.24, 2.45) is 5.73 Å². The Labute approximate surface area is 110 Å². The first kappa shape index (κ1) is 12.9. The number of hydrogen-bond donors (Lipinski definition) is 2. The molecule has 0 radical (unpaired) electrons. The Morgan fingerprint density at radius 2 is 2.17 bits per heavy atom. The van der Waals surface area contributed by atoms with Gasteiger partial charge in [-0.15, -0.1) is 11.8 Å². The zero-order valence-electron chi connectivity index (χ0n) is 10.1. The lowest BCUT2D eigenvalue weighted by Gasteiger charge is -2.14. The van der Waals surface area contributed by atoms with Crippen molar-refractivity contribution in [3.8, 4) is 0 Å². The zero-order chi connectivity index (χ0) is 13.0. The lowest BCUT2D eigenvalue weighted by molar-refractivity contribution is -0.127. The van der Waals surface area contributed by atoms with E-state index in [9.17, 15) is 4.79 Å². The number of nitrogens with two attached hydrogens (primary N) is 1. The van der Waals surface area contributed by atoms with Gasteiger partial charge in [0.25, 0.3) is 0 Å². The Hall–Kier alpha value is -1.56. The lowest BCUT2D eigenvalue weighted by atomic mass is 10.3. The van der Waals surface area contributed by atoms with Gasteiger partial charge in [-0.3, -0.25) is 15.2 Å². The van der Waals surface area contributed by atoms with E-state index in [0.717, 1.165) is 30.8 Å². The predicted molar refractivity (Wildman–Crippen MR) is 71.8 cm³/mol. The van der Waals surface area contributed by atoms with E-state index >= 15 is 0 Å². The molecule has 0 aliphatic carbocycles. The minimum absolute atomic E-state index is 0.0420. The number of amides is 1. The Morgan fingerprint density at radius 3 is 2.72 bits per heavy atom. The number of likely N-dealkylation sites (tertiary alicyclic amines) is 1. The number of amidine groups is 1. The van der Waals surface area contributed by atoms with Gasteiger partial charge in [-0.05, 0) is 25.0 Å². The molecule has 0 bridgehead atoms. The molecule has 0 aromatic carbocycles. The fourth-order valence-electron chi connectivity index (χ4n) is 1.83. The molecule has 0 saturated carbocycles. The summed E-state index contributed by atoms with van der Waals surface area (Å²) in [6.07, 6.45) is 3.88. The fraction of sp³-hybridized carbons (Fsp3) is 0.417. The molecule has 5 nitrogen and oxygen atoms in total. The molecule has 1 aliphatic heterocycles. The van der Waals surface area contributed by atoms with Crippen LogP contribution in [0.1, 0.15) is 18.5 Å². The number of nitrogens with one attached hydrogen (secondary N) is 1. The summed E-state index contributed by atoms with van der Waals surface area (Å²) in [5.74, 6) is 0.592. The van der Waals surface area contributed by atoms with E-state index in [1.807, 2.05) is 11.0 Å². The smallest absolute Gasteiger partial charge is 0.232 e. The number of rotatable bonds is 4. The van der Waals surface area contributed by atoms with Crippen LogP contribution in [0.5, 0.6) is 0 Å². The molecule has 0 unspecified atom stereocenters. The van der Waals surface area contributed by atoms with Gasteiger partial charge in [0.05, 0.1) is 5.75 Å². The highest BCUT2D eigenvalue weighted by atomic mass is 32.2. The molecule has 1 aliphatic rings. The summed E-state index contributed by atoms with van der Waals surface area (Å²) >= 11 is 1.47. The molecule has 96 valence electrons. The largest absolute Gasteiger partial charge is 0.382 e. The van der Waals surface area contributed by atoms with E-state index in [-0.39, 0.29) is 11.7 Å². The maximum absolute atomic E-state index is 11.8. The van der Waals surface area contributed by atoms with E-state index in [0.29, 0.717) is 11.4 Å². The molecule has 18 heavy (non-hydrogen) atoms. The van der Waals surface area contributed by atoms with Gasteiger partial charge in [0.1, 0.15) is 11.5 Å². The minimum Gasteiger partial charge on any atom is -0.382 e. The number of aromatic nitrogens is 1. The molecule has 0 atom stereocenters. The van der Waals surface area contributed by atoms with Crippen molar-refractivity contribution in [3.63, 3.8) is 0 Å². The van der Waals surface area contributed by atoms with Crippen LogP contribution in [-0.4, -0.2) is 40.5 Å². The van der Waals surface area contributed by atoms with Gasteiger partial charge in [-0.1, -0.05) is 0 Å². The van der Waals surface area contributed by atoms with Crippen molar-refractivity contribution >= 4 is 23.5 Å². The molecule has 3 N–H and O–H groups in total. The van der Waals surface area contributed by atoms with Crippen molar-refractivity contribution in [2.45, 2.75) is 17.7 Å². The third kappa shape index (κ3) is 3.22. The maximum Gasteiger partial charge on any atom is 0.232 e. The molecule has 1 aromatic rings. The lowest BCUT2D eigenvalue weighted by Crippen LogP contribution is -2.29. The normalized spacial score (nSPS) is 14.8. The van der Waals surface area contributed by atoms with Gasteiger partial charge in [0.15, 0.2) is 0 Å². The monoisotopic (exact) mass is 264 g/mol. The van der Waals surface area contributed by atoms with Crippen LogP contribution in [0.3, 0.4) is 0 Å². The van der Waals surface area contributed by atoms with Crippen LogP contribution < -0.4 is 5.73 Å². The molecule has 6 heteroatoms. The second-order valence-electron chi connectivity index (χ2n) is 4.17. The van der Waals surface area contributed by atoms with Gasteiger partial charge in [0, 0.05) is 24.2 Å². The van der Waals surface area contributed by atoms with Crippen molar-refractivity contribution in [3.05, 3.63) is 24.0 Å². The summed E-state index contributed by atoms with van der Waals surface area (Å²) < 4.78 is 0. The van der Waals surface area contributed by atoms with Crippen LogP contribution in [0.15, 0.2) is 23.2 Å². The average molecular weight is 264 g/mol. The second kappa shape index (κ2) is 5.86. The highest BCUT2D eigenvalue weighted by Crippen LogP contribution is 2.18. The zero-order valence-corrected chi connectivity index (χ0v) is 10.9. The van der Waals surface area contributed by atoms with Gasteiger partial charge in [-0.2, -0.15) is 0 Å². The van der Waals surface area contributed by atoms with E-state index in [1.54, 1.807) is 12.3 Å². The van der Waals surface area contributed by atoms with Crippen molar-refractivity contribution < 1.29 is 4.79 Å². The molecule has 1 amide bonds. The number of carbonyl (C=O) groups is 1. The highest BCUT2D eigenvalue weighted by Gasteiger charge is 2.17. The van der Waals surface area contributed by atoms with Crippen molar-refractivity contribution in [2.75, 3.05) is 18.8 Å². The summed E-state index contributed by atoms with van der Waals surface area (Å²) in [7, 11) is 0. The van der Waals surface area contributed by atoms with Crippen LogP contribution in [0, 0.1) is 5.41 Å². The first-order valence-corrected chi connectivity index (χ1v) is 6.86. The van der Waals surface area contributed by atoms with Crippen molar-refractivity contribution in [1.82, 2.24) is 9.88 Å². The summed E-state index contributed by atoms with van der Waals surface area (Å²) in [5.41, 5.74) is 5.79. The molecule has 2 heterocycles. The van der Waals surface area contributed by atoms with Crippen LogP contribution in [-0.2, 0) is 4.79 Å². The van der Waals surface area contributed by atoms with E-state index in [2.05, 4.69) is 4.98 Å². The van der Waals surface area contributed by atoms with Crippen LogP contribution >= 0.6 is 11.8 Å². The molecule has 1 aromatic heterocycles. The summed E-state index contributed by atoms with van der Waals surface area (Å²) in [6.45, 7) is 1.78. The van der Waals surface area contributed by atoms with E-state index < -0.39 is 0 Å². The Bertz CT molecular complexity index is 440. The molecule has 1 saturated heterocycles. The number of pyridine rings is 1. The second-order valence-corrected chi connectivity index (χ2v) is 5.22. The summed E-state index contributed by atoms with van der Waals surface area (Å²) in [6, 6.07) is 3.54. The van der Waals surface area contributed by atoms with Crippen LogP contribution in [0.4, 0.5) is 0 Å². The number of carbonyl (C=O) groups excluding carboxylic acids is 1. The Morgan fingerprint density at radius 1 is 1.44 bits per heavy atom. The first-order chi connectivity index (χ1) is 8.66.